The maximum Gasteiger partial charge on any atom is 0.0600 e. The normalized spacial score (nSPS) is 15.3. The molecular formula is C14H21ClN2. The van der Waals surface area contributed by atoms with Crippen molar-refractivity contribution in [2.45, 2.75) is 45.0 Å². The van der Waals surface area contributed by atoms with Crippen LogP contribution in [0.15, 0.2) is 18.5 Å². The molecule has 17 heavy (non-hydrogen) atoms. The molecule has 0 bridgehead atoms. The van der Waals surface area contributed by atoms with Crippen LogP contribution in [0.4, 0.5) is 5.69 Å². The highest BCUT2D eigenvalue weighted by atomic mass is 35.5. The molecule has 1 aliphatic carbocycles. The quantitative estimate of drug-likeness (QED) is 0.716. The van der Waals surface area contributed by atoms with Crippen molar-refractivity contribution in [3.8, 4) is 0 Å². The molecule has 0 unspecified atom stereocenters. The van der Waals surface area contributed by atoms with Crippen LogP contribution in [0.2, 0.25) is 0 Å². The Kier molecular flexibility index (Phi) is 4.27. The van der Waals surface area contributed by atoms with Crippen LogP contribution in [0.1, 0.15) is 38.7 Å². The molecule has 1 aromatic heterocycles. The van der Waals surface area contributed by atoms with Crippen molar-refractivity contribution in [2.75, 3.05) is 11.4 Å². The van der Waals surface area contributed by atoms with Crippen LogP contribution in [0.3, 0.4) is 0 Å². The molecule has 1 heterocycles. The summed E-state index contributed by atoms with van der Waals surface area (Å²) < 4.78 is 0. The summed E-state index contributed by atoms with van der Waals surface area (Å²) in [5.41, 5.74) is 2.45. The highest BCUT2D eigenvalue weighted by molar-refractivity contribution is 6.17. The first kappa shape index (κ1) is 12.7. The van der Waals surface area contributed by atoms with Gasteiger partial charge >= 0.3 is 0 Å². The monoisotopic (exact) mass is 252 g/mol. The maximum absolute atomic E-state index is 6.01. The van der Waals surface area contributed by atoms with Gasteiger partial charge in [0.1, 0.15) is 0 Å². The third kappa shape index (κ3) is 3.35. The third-order valence-electron chi connectivity index (χ3n) is 3.28. The number of rotatable bonds is 6. The minimum Gasteiger partial charge on any atom is -0.367 e. The maximum atomic E-state index is 6.01. The number of alkyl halides is 1. The van der Waals surface area contributed by atoms with Gasteiger partial charge in [-0.2, -0.15) is 0 Å². The summed E-state index contributed by atoms with van der Waals surface area (Å²) >= 11 is 6.01. The van der Waals surface area contributed by atoms with Gasteiger partial charge < -0.3 is 4.90 Å². The summed E-state index contributed by atoms with van der Waals surface area (Å²) in [5, 5.41) is 0. The molecule has 1 saturated carbocycles. The van der Waals surface area contributed by atoms with Crippen molar-refractivity contribution < 1.29 is 0 Å². The second-order valence-electron chi connectivity index (χ2n) is 5.25. The number of aromatic nitrogens is 1. The minimum absolute atomic E-state index is 0.572. The first-order valence-electron chi connectivity index (χ1n) is 6.48. The molecule has 2 nitrogen and oxygen atoms in total. The fraction of sp³-hybridized carbons (Fsp3) is 0.643. The fourth-order valence-corrected chi connectivity index (χ4v) is 2.30. The van der Waals surface area contributed by atoms with Gasteiger partial charge in [-0.15, -0.1) is 11.6 Å². The predicted octanol–water partition coefficient (Wildman–Crippen LogP) is 3.84. The number of hydrogen-bond acceptors (Lipinski definition) is 2. The van der Waals surface area contributed by atoms with Crippen LogP contribution in [0.5, 0.6) is 0 Å². The minimum atomic E-state index is 0.572. The summed E-state index contributed by atoms with van der Waals surface area (Å²) in [6.07, 6.45) is 7.65. The Hall–Kier alpha value is -0.760. The van der Waals surface area contributed by atoms with Crippen molar-refractivity contribution in [1.29, 1.82) is 0 Å². The SMILES string of the molecule is CC(C)CCN(c1cnccc1CCl)C1CC1. The molecule has 3 heteroatoms. The highest BCUT2D eigenvalue weighted by Crippen LogP contribution is 2.34. The Morgan fingerprint density at radius 2 is 2.24 bits per heavy atom. The molecule has 94 valence electrons. The Morgan fingerprint density at radius 3 is 2.82 bits per heavy atom. The van der Waals surface area contributed by atoms with Gasteiger partial charge in [0.15, 0.2) is 0 Å². The first-order chi connectivity index (χ1) is 8.22. The summed E-state index contributed by atoms with van der Waals surface area (Å²) in [4.78, 5) is 6.76. The molecule has 0 atom stereocenters. The molecule has 0 saturated heterocycles. The van der Waals surface area contributed by atoms with Crippen LogP contribution in [0, 0.1) is 5.92 Å². The highest BCUT2D eigenvalue weighted by Gasteiger charge is 2.30. The average Bonchev–Trinajstić information content (AvgIpc) is 3.14. The topological polar surface area (TPSA) is 16.1 Å². The van der Waals surface area contributed by atoms with Gasteiger partial charge in [0.2, 0.25) is 0 Å². The molecular weight excluding hydrogens is 232 g/mol. The van der Waals surface area contributed by atoms with E-state index >= 15 is 0 Å². The van der Waals surface area contributed by atoms with Gasteiger partial charge in [0, 0.05) is 24.7 Å². The van der Waals surface area contributed by atoms with Gasteiger partial charge in [0.25, 0.3) is 0 Å². The molecule has 0 amide bonds. The van der Waals surface area contributed by atoms with E-state index < -0.39 is 0 Å². The van der Waals surface area contributed by atoms with E-state index in [1.807, 2.05) is 18.5 Å². The molecule has 0 spiro atoms. The second kappa shape index (κ2) is 5.72. The average molecular weight is 253 g/mol. The van der Waals surface area contributed by atoms with Gasteiger partial charge in [0.05, 0.1) is 11.9 Å². The number of nitrogens with zero attached hydrogens (tertiary/aromatic N) is 2. The van der Waals surface area contributed by atoms with Crippen LogP contribution < -0.4 is 4.90 Å². The zero-order valence-corrected chi connectivity index (χ0v) is 11.5. The number of halogens is 1. The van der Waals surface area contributed by atoms with E-state index in [9.17, 15) is 0 Å². The van der Waals surface area contributed by atoms with E-state index in [1.165, 1.54) is 30.5 Å². The van der Waals surface area contributed by atoms with Gasteiger partial charge in [-0.3, -0.25) is 4.98 Å². The Morgan fingerprint density at radius 1 is 1.47 bits per heavy atom. The summed E-state index contributed by atoms with van der Waals surface area (Å²) in [7, 11) is 0. The van der Waals surface area contributed by atoms with E-state index in [1.54, 1.807) is 0 Å². The Labute approximate surface area is 109 Å². The van der Waals surface area contributed by atoms with Crippen molar-refractivity contribution in [1.82, 2.24) is 4.98 Å². The molecule has 0 radical (unpaired) electrons. The van der Waals surface area contributed by atoms with Crippen molar-refractivity contribution in [3.05, 3.63) is 24.0 Å². The Balaban J connectivity index is 2.14. The molecule has 0 aromatic carbocycles. The van der Waals surface area contributed by atoms with E-state index in [-0.39, 0.29) is 0 Å². The lowest BCUT2D eigenvalue weighted by atomic mass is 10.1. The Bertz CT molecular complexity index is 361. The van der Waals surface area contributed by atoms with Crippen LogP contribution in [0.25, 0.3) is 0 Å². The van der Waals surface area contributed by atoms with Gasteiger partial charge in [-0.1, -0.05) is 13.8 Å². The van der Waals surface area contributed by atoms with Crippen LogP contribution in [-0.2, 0) is 5.88 Å². The molecule has 1 aliphatic rings. The smallest absolute Gasteiger partial charge is 0.0600 e. The largest absolute Gasteiger partial charge is 0.367 e. The fourth-order valence-electron chi connectivity index (χ4n) is 2.07. The first-order valence-corrected chi connectivity index (χ1v) is 7.01. The van der Waals surface area contributed by atoms with Gasteiger partial charge in [-0.05, 0) is 36.8 Å². The van der Waals surface area contributed by atoms with E-state index in [4.69, 9.17) is 11.6 Å². The van der Waals surface area contributed by atoms with E-state index in [2.05, 4.69) is 23.7 Å². The lowest BCUT2D eigenvalue weighted by molar-refractivity contribution is 0.570. The van der Waals surface area contributed by atoms with Crippen molar-refractivity contribution in [2.24, 2.45) is 5.92 Å². The number of anilines is 1. The molecule has 1 aromatic rings. The lowest BCUT2D eigenvalue weighted by Gasteiger charge is -2.27. The van der Waals surface area contributed by atoms with Crippen LogP contribution >= 0.6 is 11.6 Å². The third-order valence-corrected chi connectivity index (χ3v) is 3.56. The van der Waals surface area contributed by atoms with Gasteiger partial charge in [-0.25, -0.2) is 0 Å². The van der Waals surface area contributed by atoms with Crippen LogP contribution in [-0.4, -0.2) is 17.6 Å². The van der Waals surface area contributed by atoms with E-state index in [0.29, 0.717) is 5.88 Å². The molecule has 0 aliphatic heterocycles. The summed E-state index contributed by atoms with van der Waals surface area (Å²) in [5.74, 6) is 1.32. The van der Waals surface area contributed by atoms with Crippen molar-refractivity contribution in [3.63, 3.8) is 0 Å². The summed E-state index contributed by atoms with van der Waals surface area (Å²) in [6.45, 7) is 5.67. The molecule has 2 rings (SSSR count). The molecule has 1 fully saturated rings. The zero-order valence-electron chi connectivity index (χ0n) is 10.7. The standard InChI is InChI=1S/C14H21ClN2/c1-11(2)6-8-17(13-3-4-13)14-10-16-7-5-12(14)9-15/h5,7,10-11,13H,3-4,6,8-9H2,1-2H3. The predicted molar refractivity (Wildman–Crippen MR) is 73.6 cm³/mol. The zero-order chi connectivity index (χ0) is 12.3. The number of hydrogen-bond donors (Lipinski definition) is 0. The van der Waals surface area contributed by atoms with Crippen molar-refractivity contribution >= 4 is 17.3 Å². The molecule has 0 N–H and O–H groups in total. The summed E-state index contributed by atoms with van der Waals surface area (Å²) in [6, 6.07) is 2.76. The second-order valence-corrected chi connectivity index (χ2v) is 5.51. The number of pyridine rings is 1. The lowest BCUT2D eigenvalue weighted by Crippen LogP contribution is -2.28. The van der Waals surface area contributed by atoms with E-state index in [0.717, 1.165) is 18.5 Å².